The van der Waals surface area contributed by atoms with Crippen LogP contribution in [0, 0.1) is 5.82 Å². The number of morpholine rings is 1. The van der Waals surface area contributed by atoms with Gasteiger partial charge in [-0.2, -0.15) is 4.31 Å². The van der Waals surface area contributed by atoms with Crippen molar-refractivity contribution >= 4 is 10.0 Å². The second-order valence-electron chi connectivity index (χ2n) is 5.48. The molecule has 0 saturated carbocycles. The van der Waals surface area contributed by atoms with Crippen LogP contribution < -0.4 is 0 Å². The topological polar surface area (TPSA) is 46.6 Å². The van der Waals surface area contributed by atoms with Crippen LogP contribution in [-0.4, -0.2) is 32.4 Å². The average Bonchev–Trinajstić information content (AvgIpc) is 2.56. The van der Waals surface area contributed by atoms with E-state index in [4.69, 9.17) is 4.74 Å². The van der Waals surface area contributed by atoms with Crippen molar-refractivity contribution in [2.24, 2.45) is 0 Å². The number of hydrogen-bond acceptors (Lipinski definition) is 3. The second kappa shape index (κ2) is 6.78. The molecule has 1 atom stereocenters. The van der Waals surface area contributed by atoms with E-state index in [-0.39, 0.29) is 24.7 Å². The molecule has 2 aromatic carbocycles. The first-order valence-corrected chi connectivity index (χ1v) is 9.05. The normalized spacial score (nSPS) is 19.6. The van der Waals surface area contributed by atoms with Gasteiger partial charge < -0.3 is 4.74 Å². The SMILES string of the molecule is O=S(=O)(Cc1ccccc1)N1CCOC(c2ccccc2F)C1. The molecule has 1 saturated heterocycles. The van der Waals surface area contributed by atoms with Gasteiger partial charge in [0, 0.05) is 18.7 Å². The molecule has 3 rings (SSSR count). The van der Waals surface area contributed by atoms with Crippen molar-refractivity contribution < 1.29 is 17.5 Å². The number of nitrogens with zero attached hydrogens (tertiary/aromatic N) is 1. The minimum Gasteiger partial charge on any atom is -0.371 e. The Balaban J connectivity index is 1.77. The minimum absolute atomic E-state index is 0.0577. The highest BCUT2D eigenvalue weighted by molar-refractivity contribution is 7.88. The zero-order chi connectivity index (χ0) is 16.3. The van der Waals surface area contributed by atoms with E-state index in [0.29, 0.717) is 12.1 Å². The minimum atomic E-state index is -3.46. The third-order valence-corrected chi connectivity index (χ3v) is 5.68. The first-order valence-electron chi connectivity index (χ1n) is 7.44. The number of ether oxygens (including phenoxy) is 1. The van der Waals surface area contributed by atoms with Crippen molar-refractivity contribution in [2.45, 2.75) is 11.9 Å². The molecule has 4 nitrogen and oxygen atoms in total. The number of halogens is 1. The van der Waals surface area contributed by atoms with Gasteiger partial charge in [-0.1, -0.05) is 48.5 Å². The lowest BCUT2D eigenvalue weighted by atomic mass is 10.1. The summed E-state index contributed by atoms with van der Waals surface area (Å²) in [5.41, 5.74) is 1.13. The zero-order valence-corrected chi connectivity index (χ0v) is 13.4. The van der Waals surface area contributed by atoms with E-state index in [2.05, 4.69) is 0 Å². The standard InChI is InChI=1S/C17H18FNO3S/c18-16-9-5-4-8-15(16)17-12-19(10-11-22-17)23(20,21)13-14-6-2-1-3-7-14/h1-9,17H,10-13H2. The zero-order valence-electron chi connectivity index (χ0n) is 12.6. The second-order valence-corrected chi connectivity index (χ2v) is 7.45. The fraction of sp³-hybridized carbons (Fsp3) is 0.294. The molecule has 6 heteroatoms. The largest absolute Gasteiger partial charge is 0.371 e. The number of sulfonamides is 1. The van der Waals surface area contributed by atoms with Gasteiger partial charge in [0.15, 0.2) is 0 Å². The van der Waals surface area contributed by atoms with Gasteiger partial charge in [-0.05, 0) is 11.6 Å². The molecule has 23 heavy (non-hydrogen) atoms. The van der Waals surface area contributed by atoms with E-state index < -0.39 is 16.1 Å². The first-order chi connectivity index (χ1) is 11.1. The molecule has 0 N–H and O–H groups in total. The van der Waals surface area contributed by atoms with Crippen molar-refractivity contribution in [3.63, 3.8) is 0 Å². The Bertz CT molecular complexity index is 764. The van der Waals surface area contributed by atoms with Gasteiger partial charge in [-0.3, -0.25) is 0 Å². The first kappa shape index (κ1) is 16.1. The van der Waals surface area contributed by atoms with Crippen molar-refractivity contribution in [1.29, 1.82) is 0 Å². The number of benzene rings is 2. The van der Waals surface area contributed by atoms with Crippen molar-refractivity contribution in [3.05, 3.63) is 71.5 Å². The van der Waals surface area contributed by atoms with E-state index in [0.717, 1.165) is 5.56 Å². The molecule has 1 aliphatic rings. The van der Waals surface area contributed by atoms with Gasteiger partial charge >= 0.3 is 0 Å². The molecule has 1 fully saturated rings. The molecule has 0 spiro atoms. The molecule has 122 valence electrons. The maximum atomic E-state index is 13.9. The highest BCUT2D eigenvalue weighted by Gasteiger charge is 2.31. The molecule has 0 aromatic heterocycles. The smallest absolute Gasteiger partial charge is 0.218 e. The fourth-order valence-electron chi connectivity index (χ4n) is 2.68. The lowest BCUT2D eigenvalue weighted by Gasteiger charge is -2.32. The van der Waals surface area contributed by atoms with Gasteiger partial charge in [0.1, 0.15) is 5.82 Å². The highest BCUT2D eigenvalue weighted by Crippen LogP contribution is 2.26. The van der Waals surface area contributed by atoms with E-state index in [1.807, 2.05) is 18.2 Å². The predicted octanol–water partition coefficient (Wildman–Crippen LogP) is 2.73. The van der Waals surface area contributed by atoms with E-state index in [1.165, 1.54) is 10.4 Å². The molecule has 1 aliphatic heterocycles. The Kier molecular flexibility index (Phi) is 4.75. The Morgan fingerprint density at radius 1 is 1.09 bits per heavy atom. The summed E-state index contributed by atoms with van der Waals surface area (Å²) in [5.74, 6) is -0.433. The summed E-state index contributed by atoms with van der Waals surface area (Å²) in [6.07, 6.45) is -0.574. The average molecular weight is 335 g/mol. The van der Waals surface area contributed by atoms with E-state index in [1.54, 1.807) is 30.3 Å². The Labute approximate surface area is 135 Å². The lowest BCUT2D eigenvalue weighted by Crippen LogP contribution is -2.42. The molecule has 2 aromatic rings. The van der Waals surface area contributed by atoms with Gasteiger partial charge in [-0.15, -0.1) is 0 Å². The maximum Gasteiger partial charge on any atom is 0.218 e. The van der Waals surface area contributed by atoms with Crippen LogP contribution in [0.3, 0.4) is 0 Å². The molecular formula is C17H18FNO3S. The summed E-state index contributed by atoms with van der Waals surface area (Å²) in [5, 5.41) is 0. The molecule has 1 unspecified atom stereocenters. The summed E-state index contributed by atoms with van der Waals surface area (Å²) < 4.78 is 46.0. The van der Waals surface area contributed by atoms with Crippen LogP contribution in [0.4, 0.5) is 4.39 Å². The van der Waals surface area contributed by atoms with Crippen molar-refractivity contribution in [3.8, 4) is 0 Å². The maximum absolute atomic E-state index is 13.9. The monoisotopic (exact) mass is 335 g/mol. The third kappa shape index (κ3) is 3.77. The van der Waals surface area contributed by atoms with Crippen LogP contribution in [0.25, 0.3) is 0 Å². The van der Waals surface area contributed by atoms with Crippen LogP contribution in [-0.2, 0) is 20.5 Å². The highest BCUT2D eigenvalue weighted by atomic mass is 32.2. The van der Waals surface area contributed by atoms with Crippen LogP contribution in [0.2, 0.25) is 0 Å². The number of hydrogen-bond donors (Lipinski definition) is 0. The van der Waals surface area contributed by atoms with Crippen molar-refractivity contribution in [2.75, 3.05) is 19.7 Å². The van der Waals surface area contributed by atoms with Crippen LogP contribution in [0.1, 0.15) is 17.2 Å². The third-order valence-electron chi connectivity index (χ3n) is 3.87. The molecule has 0 radical (unpaired) electrons. The molecule has 1 heterocycles. The summed E-state index contributed by atoms with van der Waals surface area (Å²) in [7, 11) is -3.46. The van der Waals surface area contributed by atoms with E-state index >= 15 is 0 Å². The van der Waals surface area contributed by atoms with Crippen LogP contribution in [0.15, 0.2) is 54.6 Å². The molecule has 0 bridgehead atoms. The van der Waals surface area contributed by atoms with Gasteiger partial charge in [0.2, 0.25) is 10.0 Å². The molecule has 0 amide bonds. The number of rotatable bonds is 4. The van der Waals surface area contributed by atoms with Crippen LogP contribution in [0.5, 0.6) is 0 Å². The van der Waals surface area contributed by atoms with Gasteiger partial charge in [0.05, 0.1) is 18.5 Å². The summed E-state index contributed by atoms with van der Waals surface area (Å²) in [4.78, 5) is 0. The summed E-state index contributed by atoms with van der Waals surface area (Å²) >= 11 is 0. The van der Waals surface area contributed by atoms with Gasteiger partial charge in [-0.25, -0.2) is 12.8 Å². The van der Waals surface area contributed by atoms with Gasteiger partial charge in [0.25, 0.3) is 0 Å². The predicted molar refractivity (Wildman–Crippen MR) is 85.7 cm³/mol. The fourth-order valence-corrected chi connectivity index (χ4v) is 4.19. The van der Waals surface area contributed by atoms with Crippen molar-refractivity contribution in [1.82, 2.24) is 4.31 Å². The Morgan fingerprint density at radius 3 is 2.52 bits per heavy atom. The summed E-state index contributed by atoms with van der Waals surface area (Å²) in [6, 6.07) is 15.4. The quantitative estimate of drug-likeness (QED) is 0.863. The van der Waals surface area contributed by atoms with Crippen LogP contribution >= 0.6 is 0 Å². The lowest BCUT2D eigenvalue weighted by molar-refractivity contribution is -0.00447. The Hall–Kier alpha value is -1.76. The Morgan fingerprint density at radius 2 is 1.78 bits per heavy atom. The molecule has 0 aliphatic carbocycles. The van der Waals surface area contributed by atoms with E-state index in [9.17, 15) is 12.8 Å². The molecular weight excluding hydrogens is 317 g/mol. The summed E-state index contributed by atoms with van der Waals surface area (Å²) in [6.45, 7) is 0.684.